The number of carbonyl (C=O) groups is 2. The Hall–Kier alpha value is -0.900. The zero-order chi connectivity index (χ0) is 13.1. The molecule has 0 aromatic heterocycles. The van der Waals surface area contributed by atoms with Gasteiger partial charge in [0, 0.05) is 6.04 Å². The minimum atomic E-state index is -0.276. The summed E-state index contributed by atoms with van der Waals surface area (Å²) in [5.41, 5.74) is 0. The maximum Gasteiger partial charge on any atom is 0.247 e. The Kier molecular flexibility index (Phi) is 4.38. The molecule has 0 aromatic rings. The van der Waals surface area contributed by atoms with E-state index in [0.29, 0.717) is 12.3 Å². The van der Waals surface area contributed by atoms with Crippen LogP contribution in [0, 0.1) is 5.92 Å². The van der Waals surface area contributed by atoms with Crippen molar-refractivity contribution in [2.75, 3.05) is 6.54 Å². The smallest absolute Gasteiger partial charge is 0.247 e. The Morgan fingerprint density at radius 1 is 1.22 bits per heavy atom. The van der Waals surface area contributed by atoms with Gasteiger partial charge in [-0.3, -0.25) is 14.5 Å². The highest BCUT2D eigenvalue weighted by Gasteiger charge is 2.42. The van der Waals surface area contributed by atoms with Crippen LogP contribution in [0.4, 0.5) is 0 Å². The van der Waals surface area contributed by atoms with Gasteiger partial charge in [-0.05, 0) is 25.3 Å². The predicted molar refractivity (Wildman–Crippen MR) is 70.0 cm³/mol. The second kappa shape index (κ2) is 5.83. The van der Waals surface area contributed by atoms with Gasteiger partial charge in [-0.2, -0.15) is 0 Å². The Morgan fingerprint density at radius 2 is 1.89 bits per heavy atom. The van der Waals surface area contributed by atoms with Crippen LogP contribution in [0.25, 0.3) is 0 Å². The highest BCUT2D eigenvalue weighted by atomic mass is 16.2. The van der Waals surface area contributed by atoms with E-state index in [0.717, 1.165) is 32.2 Å². The quantitative estimate of drug-likeness (QED) is 0.775. The maximum absolute atomic E-state index is 12.3. The van der Waals surface area contributed by atoms with Crippen molar-refractivity contribution in [1.29, 1.82) is 0 Å². The van der Waals surface area contributed by atoms with Crippen molar-refractivity contribution in [2.24, 2.45) is 5.92 Å². The SMILES string of the molecule is CC(C)CNC1CC(=O)N(C2CCCCC2)C1=O. The van der Waals surface area contributed by atoms with Crippen molar-refractivity contribution < 1.29 is 9.59 Å². The lowest BCUT2D eigenvalue weighted by atomic mass is 9.94. The third-order valence-corrected chi connectivity index (χ3v) is 3.90. The van der Waals surface area contributed by atoms with Gasteiger partial charge >= 0.3 is 0 Å². The van der Waals surface area contributed by atoms with Crippen molar-refractivity contribution in [3.63, 3.8) is 0 Å². The molecule has 2 aliphatic rings. The molecule has 1 aliphatic heterocycles. The first kappa shape index (κ1) is 13.5. The zero-order valence-corrected chi connectivity index (χ0v) is 11.4. The number of hydrogen-bond donors (Lipinski definition) is 1. The molecular formula is C14H24N2O2. The van der Waals surface area contributed by atoms with Crippen LogP contribution in [0.5, 0.6) is 0 Å². The molecule has 1 unspecified atom stereocenters. The summed E-state index contributed by atoms with van der Waals surface area (Å²) in [5, 5.41) is 3.22. The van der Waals surface area contributed by atoms with E-state index in [4.69, 9.17) is 0 Å². The van der Waals surface area contributed by atoms with Gasteiger partial charge in [-0.25, -0.2) is 0 Å². The summed E-state index contributed by atoms with van der Waals surface area (Å²) in [7, 11) is 0. The molecule has 2 rings (SSSR count). The fraction of sp³-hybridized carbons (Fsp3) is 0.857. The molecule has 1 aliphatic carbocycles. The van der Waals surface area contributed by atoms with Crippen molar-refractivity contribution in [2.45, 2.75) is 64.5 Å². The largest absolute Gasteiger partial charge is 0.305 e. The normalized spacial score (nSPS) is 26.4. The molecule has 4 heteroatoms. The van der Waals surface area contributed by atoms with E-state index in [1.165, 1.54) is 6.42 Å². The minimum Gasteiger partial charge on any atom is -0.305 e. The van der Waals surface area contributed by atoms with Crippen molar-refractivity contribution in [1.82, 2.24) is 10.2 Å². The Labute approximate surface area is 109 Å². The number of nitrogens with zero attached hydrogens (tertiary/aromatic N) is 1. The molecule has 18 heavy (non-hydrogen) atoms. The molecule has 4 nitrogen and oxygen atoms in total. The van der Waals surface area contributed by atoms with E-state index in [1.807, 2.05) is 0 Å². The van der Waals surface area contributed by atoms with Crippen LogP contribution in [0.3, 0.4) is 0 Å². The molecule has 1 saturated carbocycles. The fourth-order valence-corrected chi connectivity index (χ4v) is 2.91. The van der Waals surface area contributed by atoms with E-state index >= 15 is 0 Å². The summed E-state index contributed by atoms with van der Waals surface area (Å²) in [6.07, 6.45) is 5.87. The summed E-state index contributed by atoms with van der Waals surface area (Å²) in [4.78, 5) is 25.8. The van der Waals surface area contributed by atoms with Gasteiger partial charge in [0.25, 0.3) is 0 Å². The Balaban J connectivity index is 1.95. The van der Waals surface area contributed by atoms with Crippen molar-refractivity contribution >= 4 is 11.8 Å². The average Bonchev–Trinajstić information content (AvgIpc) is 2.63. The second-order valence-electron chi connectivity index (χ2n) is 5.95. The first-order valence-electron chi connectivity index (χ1n) is 7.19. The van der Waals surface area contributed by atoms with E-state index in [9.17, 15) is 9.59 Å². The Morgan fingerprint density at radius 3 is 2.50 bits per heavy atom. The molecule has 1 N–H and O–H groups in total. The lowest BCUT2D eigenvalue weighted by Gasteiger charge is -2.29. The molecule has 0 bridgehead atoms. The van der Waals surface area contributed by atoms with Crippen LogP contribution in [0.1, 0.15) is 52.4 Å². The third-order valence-electron chi connectivity index (χ3n) is 3.90. The number of amides is 2. The summed E-state index contributed by atoms with van der Waals surface area (Å²) in [5.74, 6) is 0.525. The maximum atomic E-state index is 12.3. The first-order valence-corrected chi connectivity index (χ1v) is 7.19. The van der Waals surface area contributed by atoms with Crippen LogP contribution in [-0.2, 0) is 9.59 Å². The zero-order valence-electron chi connectivity index (χ0n) is 11.4. The number of nitrogens with one attached hydrogen (secondary N) is 1. The number of rotatable bonds is 4. The van der Waals surface area contributed by atoms with Gasteiger partial charge in [-0.1, -0.05) is 33.1 Å². The van der Waals surface area contributed by atoms with E-state index < -0.39 is 0 Å². The Bertz CT molecular complexity index is 322. The van der Waals surface area contributed by atoms with Crippen molar-refractivity contribution in [3.8, 4) is 0 Å². The number of likely N-dealkylation sites (tertiary alicyclic amines) is 1. The molecule has 0 aromatic carbocycles. The molecule has 2 fully saturated rings. The van der Waals surface area contributed by atoms with Gasteiger partial charge in [0.05, 0.1) is 12.5 Å². The second-order valence-corrected chi connectivity index (χ2v) is 5.95. The third kappa shape index (κ3) is 2.91. The van der Waals surface area contributed by atoms with Crippen LogP contribution < -0.4 is 5.32 Å². The van der Waals surface area contributed by atoms with Crippen LogP contribution in [0.15, 0.2) is 0 Å². The monoisotopic (exact) mass is 252 g/mol. The van der Waals surface area contributed by atoms with Gasteiger partial charge in [0.15, 0.2) is 0 Å². The summed E-state index contributed by atoms with van der Waals surface area (Å²) in [6.45, 7) is 5.00. The summed E-state index contributed by atoms with van der Waals surface area (Å²) >= 11 is 0. The number of carbonyl (C=O) groups excluding carboxylic acids is 2. The molecule has 2 amide bonds. The molecule has 1 saturated heterocycles. The molecule has 1 atom stereocenters. The van der Waals surface area contributed by atoms with Gasteiger partial charge in [0.2, 0.25) is 11.8 Å². The van der Waals surface area contributed by atoms with E-state index in [1.54, 1.807) is 4.90 Å². The summed E-state index contributed by atoms with van der Waals surface area (Å²) in [6, 6.07) is -0.105. The molecule has 102 valence electrons. The number of imide groups is 1. The van der Waals surface area contributed by atoms with Gasteiger partial charge in [0.1, 0.15) is 0 Å². The minimum absolute atomic E-state index is 0.00699. The first-order chi connectivity index (χ1) is 8.59. The highest BCUT2D eigenvalue weighted by Crippen LogP contribution is 2.27. The van der Waals surface area contributed by atoms with Crippen LogP contribution >= 0.6 is 0 Å². The standard InChI is InChI=1S/C14H24N2O2/c1-10(2)9-15-12-8-13(17)16(14(12)18)11-6-4-3-5-7-11/h10-12,15H,3-9H2,1-2H3. The van der Waals surface area contributed by atoms with Crippen LogP contribution in [0.2, 0.25) is 0 Å². The molecule has 0 radical (unpaired) electrons. The number of hydrogen-bond acceptors (Lipinski definition) is 3. The lowest BCUT2D eigenvalue weighted by Crippen LogP contribution is -2.45. The molecular weight excluding hydrogens is 228 g/mol. The average molecular weight is 252 g/mol. The van der Waals surface area contributed by atoms with Crippen molar-refractivity contribution in [3.05, 3.63) is 0 Å². The molecule has 1 heterocycles. The lowest BCUT2D eigenvalue weighted by molar-refractivity contribution is -0.142. The summed E-state index contributed by atoms with van der Waals surface area (Å²) < 4.78 is 0. The predicted octanol–water partition coefficient (Wildman–Crippen LogP) is 1.69. The van der Waals surface area contributed by atoms with Gasteiger partial charge in [-0.15, -0.1) is 0 Å². The van der Waals surface area contributed by atoms with E-state index in [-0.39, 0.29) is 23.9 Å². The van der Waals surface area contributed by atoms with Gasteiger partial charge < -0.3 is 5.32 Å². The topological polar surface area (TPSA) is 49.4 Å². The molecule has 0 spiro atoms. The van der Waals surface area contributed by atoms with Crippen LogP contribution in [-0.4, -0.2) is 35.3 Å². The van der Waals surface area contributed by atoms with E-state index in [2.05, 4.69) is 19.2 Å². The highest BCUT2D eigenvalue weighted by molar-refractivity contribution is 6.05. The fourth-order valence-electron chi connectivity index (χ4n) is 2.91.